The zero-order valence-corrected chi connectivity index (χ0v) is 15.4. The maximum Gasteiger partial charge on any atom is 0.341 e. The van der Waals surface area contributed by atoms with E-state index in [4.69, 9.17) is 14.7 Å². The standard InChI is InChI=1S/C18H21N7O3/c1-27-18(26)14-10-24-16(25-17-11-22-12(7-19)8-23-17)6-15(14)21-3-2-13-9-20-4-5-28-13/h6,8,10-11,13,20H,2-5,9H2,1H3,(H2,21,23,24,25). The molecule has 10 nitrogen and oxygen atoms in total. The van der Waals surface area contributed by atoms with E-state index in [1.54, 1.807) is 6.07 Å². The molecule has 2 aromatic rings. The van der Waals surface area contributed by atoms with E-state index in [-0.39, 0.29) is 11.8 Å². The van der Waals surface area contributed by atoms with Gasteiger partial charge in [-0.1, -0.05) is 0 Å². The van der Waals surface area contributed by atoms with Gasteiger partial charge in [-0.15, -0.1) is 0 Å². The Morgan fingerprint density at radius 2 is 2.21 bits per heavy atom. The number of nitrogens with one attached hydrogen (secondary N) is 3. The number of morpholine rings is 1. The van der Waals surface area contributed by atoms with Gasteiger partial charge in [0.2, 0.25) is 0 Å². The molecule has 3 rings (SSSR count). The number of hydrogen-bond acceptors (Lipinski definition) is 10. The Kier molecular flexibility index (Phi) is 6.67. The van der Waals surface area contributed by atoms with Crippen LogP contribution in [0.2, 0.25) is 0 Å². The van der Waals surface area contributed by atoms with Crippen molar-refractivity contribution in [2.75, 3.05) is 44.0 Å². The van der Waals surface area contributed by atoms with Crippen molar-refractivity contribution in [3.8, 4) is 6.07 Å². The molecule has 3 N–H and O–H groups in total. The third-order valence-corrected chi connectivity index (χ3v) is 4.12. The van der Waals surface area contributed by atoms with E-state index in [1.165, 1.54) is 25.7 Å². The second-order valence-electron chi connectivity index (χ2n) is 6.04. The van der Waals surface area contributed by atoms with E-state index < -0.39 is 5.97 Å². The van der Waals surface area contributed by atoms with Gasteiger partial charge in [-0.3, -0.25) is 0 Å². The number of carbonyl (C=O) groups excluding carboxylic acids is 1. The topological polar surface area (TPSA) is 134 Å². The van der Waals surface area contributed by atoms with Crippen LogP contribution in [0, 0.1) is 11.3 Å². The van der Waals surface area contributed by atoms with Crippen LogP contribution < -0.4 is 16.0 Å². The molecular formula is C18H21N7O3. The Balaban J connectivity index is 1.70. The van der Waals surface area contributed by atoms with Crippen molar-refractivity contribution < 1.29 is 14.3 Å². The summed E-state index contributed by atoms with van der Waals surface area (Å²) >= 11 is 0. The Morgan fingerprint density at radius 1 is 1.36 bits per heavy atom. The number of carbonyl (C=O) groups is 1. The first kappa shape index (κ1) is 19.5. The van der Waals surface area contributed by atoms with E-state index >= 15 is 0 Å². The molecule has 146 valence electrons. The molecule has 1 saturated heterocycles. The van der Waals surface area contributed by atoms with Gasteiger partial charge in [0.05, 0.1) is 37.9 Å². The molecule has 1 fully saturated rings. The predicted molar refractivity (Wildman–Crippen MR) is 101 cm³/mol. The average Bonchev–Trinajstić information content (AvgIpc) is 2.75. The van der Waals surface area contributed by atoms with Crippen LogP contribution in [0.25, 0.3) is 0 Å². The Morgan fingerprint density at radius 3 is 2.89 bits per heavy atom. The minimum Gasteiger partial charge on any atom is -0.465 e. The maximum atomic E-state index is 12.0. The second-order valence-corrected chi connectivity index (χ2v) is 6.04. The Hall–Kier alpha value is -3.29. The molecule has 10 heteroatoms. The first-order valence-electron chi connectivity index (χ1n) is 8.83. The summed E-state index contributed by atoms with van der Waals surface area (Å²) in [7, 11) is 1.33. The van der Waals surface area contributed by atoms with Crippen LogP contribution in [0.15, 0.2) is 24.7 Å². The van der Waals surface area contributed by atoms with Gasteiger partial charge in [0.1, 0.15) is 23.3 Å². The lowest BCUT2D eigenvalue weighted by Gasteiger charge is -2.24. The lowest BCUT2D eigenvalue weighted by Crippen LogP contribution is -2.39. The number of nitriles is 1. The Bertz CT molecular complexity index is 845. The smallest absolute Gasteiger partial charge is 0.341 e. The molecule has 0 aliphatic carbocycles. The maximum absolute atomic E-state index is 12.0. The van der Waals surface area contributed by atoms with Crippen molar-refractivity contribution >= 4 is 23.3 Å². The van der Waals surface area contributed by atoms with Crippen LogP contribution >= 0.6 is 0 Å². The molecule has 0 spiro atoms. The van der Waals surface area contributed by atoms with Crippen molar-refractivity contribution in [3.05, 3.63) is 35.9 Å². The zero-order chi connectivity index (χ0) is 19.8. The number of aromatic nitrogens is 3. The molecular weight excluding hydrogens is 362 g/mol. The van der Waals surface area contributed by atoms with E-state index in [2.05, 4.69) is 30.9 Å². The van der Waals surface area contributed by atoms with Gasteiger partial charge in [0.15, 0.2) is 5.69 Å². The van der Waals surface area contributed by atoms with Crippen molar-refractivity contribution in [3.63, 3.8) is 0 Å². The van der Waals surface area contributed by atoms with Crippen molar-refractivity contribution in [2.24, 2.45) is 0 Å². The fourth-order valence-corrected chi connectivity index (χ4v) is 2.70. The number of ether oxygens (including phenoxy) is 2. The average molecular weight is 383 g/mol. The summed E-state index contributed by atoms with van der Waals surface area (Å²) in [6.45, 7) is 3.00. The highest BCUT2D eigenvalue weighted by atomic mass is 16.5. The van der Waals surface area contributed by atoms with Crippen molar-refractivity contribution in [1.82, 2.24) is 20.3 Å². The van der Waals surface area contributed by atoms with E-state index in [9.17, 15) is 4.79 Å². The van der Waals surface area contributed by atoms with Crippen LogP contribution in [0.1, 0.15) is 22.5 Å². The quantitative estimate of drug-likeness (QED) is 0.596. The highest BCUT2D eigenvalue weighted by Crippen LogP contribution is 2.22. The fraction of sp³-hybridized carbons (Fsp3) is 0.389. The third kappa shape index (κ3) is 5.12. The molecule has 0 aromatic carbocycles. The number of anilines is 3. The minimum atomic E-state index is -0.477. The van der Waals surface area contributed by atoms with Gasteiger partial charge in [-0.2, -0.15) is 5.26 Å². The molecule has 0 bridgehead atoms. The molecule has 1 aliphatic heterocycles. The van der Waals surface area contributed by atoms with E-state index in [0.717, 1.165) is 19.5 Å². The van der Waals surface area contributed by atoms with Gasteiger partial charge in [0, 0.05) is 31.9 Å². The Labute approximate surface area is 162 Å². The first-order valence-corrected chi connectivity index (χ1v) is 8.83. The molecule has 28 heavy (non-hydrogen) atoms. The predicted octanol–water partition coefficient (Wildman–Crippen LogP) is 1.06. The second kappa shape index (κ2) is 9.59. The molecule has 0 amide bonds. The molecule has 1 atom stereocenters. The summed E-state index contributed by atoms with van der Waals surface area (Å²) in [6, 6.07) is 3.61. The number of methoxy groups -OCH3 is 1. The normalized spacial score (nSPS) is 16.1. The molecule has 1 aliphatic rings. The lowest BCUT2D eigenvalue weighted by atomic mass is 10.2. The number of esters is 1. The SMILES string of the molecule is COC(=O)c1cnc(Nc2cnc(C#N)cn2)cc1NCCC1CNCCO1. The third-order valence-electron chi connectivity index (χ3n) is 4.12. The lowest BCUT2D eigenvalue weighted by molar-refractivity contribution is 0.0258. The van der Waals surface area contributed by atoms with E-state index in [1.807, 2.05) is 6.07 Å². The van der Waals surface area contributed by atoms with Crippen molar-refractivity contribution in [2.45, 2.75) is 12.5 Å². The molecule has 0 saturated carbocycles. The summed E-state index contributed by atoms with van der Waals surface area (Å²) in [5, 5.41) is 18.3. The van der Waals surface area contributed by atoms with Crippen LogP contribution in [0.4, 0.5) is 17.3 Å². The minimum absolute atomic E-state index is 0.135. The van der Waals surface area contributed by atoms with Crippen molar-refractivity contribution in [1.29, 1.82) is 5.26 Å². The van der Waals surface area contributed by atoms with Gasteiger partial charge in [0.25, 0.3) is 0 Å². The number of nitrogens with zero attached hydrogens (tertiary/aromatic N) is 4. The first-order chi connectivity index (χ1) is 13.7. The monoisotopic (exact) mass is 383 g/mol. The molecule has 1 unspecified atom stereocenters. The highest BCUT2D eigenvalue weighted by Gasteiger charge is 2.16. The van der Waals surface area contributed by atoms with Gasteiger partial charge < -0.3 is 25.4 Å². The summed E-state index contributed by atoms with van der Waals surface area (Å²) in [5.74, 6) is 0.435. The van der Waals surface area contributed by atoms with Gasteiger partial charge in [-0.05, 0) is 6.42 Å². The van der Waals surface area contributed by atoms with Crippen LogP contribution in [0.5, 0.6) is 0 Å². The number of pyridine rings is 1. The summed E-state index contributed by atoms with van der Waals surface area (Å²) in [4.78, 5) is 24.3. The molecule has 2 aromatic heterocycles. The van der Waals surface area contributed by atoms with Crippen LogP contribution in [-0.4, -0.2) is 60.4 Å². The molecule has 0 radical (unpaired) electrons. The van der Waals surface area contributed by atoms with E-state index in [0.29, 0.717) is 36.0 Å². The zero-order valence-electron chi connectivity index (χ0n) is 15.4. The molecule has 3 heterocycles. The van der Waals surface area contributed by atoms with Crippen LogP contribution in [-0.2, 0) is 9.47 Å². The largest absolute Gasteiger partial charge is 0.465 e. The highest BCUT2D eigenvalue weighted by molar-refractivity contribution is 5.95. The van der Waals surface area contributed by atoms with Crippen LogP contribution in [0.3, 0.4) is 0 Å². The fourth-order valence-electron chi connectivity index (χ4n) is 2.70. The summed E-state index contributed by atoms with van der Waals surface area (Å²) in [6.07, 6.45) is 5.17. The van der Waals surface area contributed by atoms with Gasteiger partial charge >= 0.3 is 5.97 Å². The summed E-state index contributed by atoms with van der Waals surface area (Å²) < 4.78 is 10.5. The van der Waals surface area contributed by atoms with Gasteiger partial charge in [-0.25, -0.2) is 19.7 Å². The number of hydrogen-bond donors (Lipinski definition) is 3. The summed E-state index contributed by atoms with van der Waals surface area (Å²) in [5.41, 5.74) is 1.15. The number of rotatable bonds is 7.